The lowest BCUT2D eigenvalue weighted by Gasteiger charge is -2.17. The van der Waals surface area contributed by atoms with Gasteiger partial charge < -0.3 is 14.8 Å². The number of nitrogens with one attached hydrogen (secondary N) is 1. The minimum Gasteiger partial charge on any atom is -0.334 e. The standard InChI is InChI=1S/C20H22N4O2S/c1-15-22-18(14-27-15)13-23(2)20(26)21-11-16-6-8-17(9-7-16)12-24-10-4-3-5-19(24)25/h3-10,14H,11-13H2,1-2H3,(H,21,26). The fourth-order valence-corrected chi connectivity index (χ4v) is 3.26. The molecule has 0 fully saturated rings. The predicted molar refractivity (Wildman–Crippen MR) is 107 cm³/mol. The molecule has 0 aliphatic carbocycles. The average Bonchev–Trinajstić information content (AvgIpc) is 3.07. The Hall–Kier alpha value is -2.93. The molecule has 0 saturated heterocycles. The molecule has 6 nitrogen and oxygen atoms in total. The van der Waals surface area contributed by atoms with E-state index in [1.54, 1.807) is 46.2 Å². The number of carbonyl (C=O) groups is 1. The number of benzene rings is 1. The molecular weight excluding hydrogens is 360 g/mol. The number of urea groups is 1. The maximum atomic E-state index is 12.2. The van der Waals surface area contributed by atoms with Crippen molar-refractivity contribution in [1.29, 1.82) is 0 Å². The van der Waals surface area contributed by atoms with E-state index in [1.807, 2.05) is 42.6 Å². The zero-order valence-electron chi connectivity index (χ0n) is 15.4. The van der Waals surface area contributed by atoms with Gasteiger partial charge in [-0.15, -0.1) is 11.3 Å². The van der Waals surface area contributed by atoms with E-state index < -0.39 is 0 Å². The van der Waals surface area contributed by atoms with Crippen LogP contribution in [0.2, 0.25) is 0 Å². The summed E-state index contributed by atoms with van der Waals surface area (Å²) in [7, 11) is 1.75. The van der Waals surface area contributed by atoms with Gasteiger partial charge in [0.15, 0.2) is 0 Å². The second-order valence-electron chi connectivity index (χ2n) is 6.36. The van der Waals surface area contributed by atoms with E-state index in [9.17, 15) is 9.59 Å². The van der Waals surface area contributed by atoms with Gasteiger partial charge in [0.1, 0.15) is 0 Å². The minimum atomic E-state index is -0.138. The van der Waals surface area contributed by atoms with Crippen LogP contribution in [0.25, 0.3) is 0 Å². The molecule has 0 radical (unpaired) electrons. The van der Waals surface area contributed by atoms with Crippen molar-refractivity contribution in [2.75, 3.05) is 7.05 Å². The minimum absolute atomic E-state index is 0.0211. The first-order valence-electron chi connectivity index (χ1n) is 8.64. The number of hydrogen-bond acceptors (Lipinski definition) is 4. The van der Waals surface area contributed by atoms with Crippen LogP contribution in [0.1, 0.15) is 21.8 Å². The lowest BCUT2D eigenvalue weighted by molar-refractivity contribution is 0.206. The number of rotatable bonds is 6. The molecule has 3 aromatic rings. The summed E-state index contributed by atoms with van der Waals surface area (Å²) in [5.74, 6) is 0. The van der Waals surface area contributed by atoms with Crippen LogP contribution in [0.3, 0.4) is 0 Å². The van der Waals surface area contributed by atoms with E-state index >= 15 is 0 Å². The Balaban J connectivity index is 1.51. The molecule has 27 heavy (non-hydrogen) atoms. The summed E-state index contributed by atoms with van der Waals surface area (Å²) in [6.07, 6.45) is 1.77. The molecule has 0 aliphatic heterocycles. The Morgan fingerprint density at radius 1 is 1.19 bits per heavy atom. The third-order valence-corrected chi connectivity index (χ3v) is 4.95. The Labute approximate surface area is 162 Å². The molecule has 0 atom stereocenters. The van der Waals surface area contributed by atoms with Crippen molar-refractivity contribution in [2.24, 2.45) is 0 Å². The molecular formula is C20H22N4O2S. The number of pyridine rings is 1. The summed E-state index contributed by atoms with van der Waals surface area (Å²) in [5, 5.41) is 5.88. The monoisotopic (exact) mass is 382 g/mol. The van der Waals surface area contributed by atoms with E-state index in [1.165, 1.54) is 0 Å². The SMILES string of the molecule is Cc1nc(CN(C)C(=O)NCc2ccc(Cn3ccccc3=O)cc2)cs1. The van der Waals surface area contributed by atoms with Gasteiger partial charge in [0.2, 0.25) is 0 Å². The topological polar surface area (TPSA) is 67.2 Å². The zero-order valence-corrected chi connectivity index (χ0v) is 16.2. The number of aryl methyl sites for hydroxylation is 1. The van der Waals surface area contributed by atoms with Crippen molar-refractivity contribution < 1.29 is 4.79 Å². The molecule has 0 spiro atoms. The molecule has 0 bridgehead atoms. The molecule has 2 heterocycles. The second-order valence-corrected chi connectivity index (χ2v) is 7.42. The third kappa shape index (κ3) is 5.27. The van der Waals surface area contributed by atoms with E-state index in [0.29, 0.717) is 19.6 Å². The van der Waals surface area contributed by atoms with Crippen LogP contribution >= 0.6 is 11.3 Å². The molecule has 1 N–H and O–H groups in total. The van der Waals surface area contributed by atoms with E-state index in [0.717, 1.165) is 21.8 Å². The van der Waals surface area contributed by atoms with Crippen LogP contribution in [-0.4, -0.2) is 27.5 Å². The maximum absolute atomic E-state index is 12.2. The smallest absolute Gasteiger partial charge is 0.317 e. The number of hydrogen-bond donors (Lipinski definition) is 1. The summed E-state index contributed by atoms with van der Waals surface area (Å²) >= 11 is 1.58. The fraction of sp³-hybridized carbons (Fsp3) is 0.250. The highest BCUT2D eigenvalue weighted by Gasteiger charge is 2.10. The van der Waals surface area contributed by atoms with E-state index in [-0.39, 0.29) is 11.6 Å². The summed E-state index contributed by atoms with van der Waals surface area (Å²) in [4.78, 5) is 30.0. The van der Waals surface area contributed by atoms with Gasteiger partial charge >= 0.3 is 6.03 Å². The number of carbonyl (C=O) groups excluding carboxylic acids is 1. The highest BCUT2D eigenvalue weighted by Crippen LogP contribution is 2.10. The molecule has 0 aliphatic rings. The fourth-order valence-electron chi connectivity index (χ4n) is 2.66. The van der Waals surface area contributed by atoms with Crippen molar-refractivity contribution in [3.05, 3.63) is 86.2 Å². The van der Waals surface area contributed by atoms with Crippen molar-refractivity contribution >= 4 is 17.4 Å². The maximum Gasteiger partial charge on any atom is 0.317 e. The Kier molecular flexibility index (Phi) is 6.03. The van der Waals surface area contributed by atoms with Crippen molar-refractivity contribution in [3.8, 4) is 0 Å². The summed E-state index contributed by atoms with van der Waals surface area (Å²) in [6, 6.07) is 12.9. The summed E-state index contributed by atoms with van der Waals surface area (Å²) < 4.78 is 1.66. The Morgan fingerprint density at radius 2 is 1.93 bits per heavy atom. The molecule has 2 aromatic heterocycles. The van der Waals surface area contributed by atoms with E-state index in [2.05, 4.69) is 10.3 Å². The molecule has 0 saturated carbocycles. The molecule has 7 heteroatoms. The van der Waals surface area contributed by atoms with Crippen LogP contribution in [0.5, 0.6) is 0 Å². The molecule has 0 unspecified atom stereocenters. The van der Waals surface area contributed by atoms with Crippen LogP contribution in [-0.2, 0) is 19.6 Å². The Morgan fingerprint density at radius 3 is 2.59 bits per heavy atom. The van der Waals surface area contributed by atoms with Crippen molar-refractivity contribution in [3.63, 3.8) is 0 Å². The van der Waals surface area contributed by atoms with E-state index in [4.69, 9.17) is 0 Å². The lowest BCUT2D eigenvalue weighted by Crippen LogP contribution is -2.36. The van der Waals surface area contributed by atoms with Gasteiger partial charge in [-0.2, -0.15) is 0 Å². The first-order chi connectivity index (χ1) is 13.0. The van der Waals surface area contributed by atoms with Gasteiger partial charge in [-0.3, -0.25) is 4.79 Å². The molecule has 1 aromatic carbocycles. The quantitative estimate of drug-likeness (QED) is 0.713. The number of aromatic nitrogens is 2. The second kappa shape index (κ2) is 8.64. The largest absolute Gasteiger partial charge is 0.334 e. The highest BCUT2D eigenvalue weighted by atomic mass is 32.1. The average molecular weight is 382 g/mol. The van der Waals surface area contributed by atoms with Crippen molar-refractivity contribution in [2.45, 2.75) is 26.6 Å². The van der Waals surface area contributed by atoms with Crippen LogP contribution in [0, 0.1) is 6.92 Å². The summed E-state index contributed by atoms with van der Waals surface area (Å²) in [5.41, 5.74) is 2.92. The van der Waals surface area contributed by atoms with Crippen molar-refractivity contribution in [1.82, 2.24) is 19.8 Å². The van der Waals surface area contributed by atoms with Gasteiger partial charge in [0, 0.05) is 31.2 Å². The Bertz CT molecular complexity index is 962. The zero-order chi connectivity index (χ0) is 19.2. The predicted octanol–water partition coefficient (Wildman–Crippen LogP) is 3.00. The number of thiazole rings is 1. The molecule has 140 valence electrons. The van der Waals surface area contributed by atoms with Gasteiger partial charge in [0.25, 0.3) is 5.56 Å². The summed E-state index contributed by atoms with van der Waals surface area (Å²) in [6.45, 7) is 3.42. The van der Waals surface area contributed by atoms with Gasteiger partial charge in [-0.1, -0.05) is 30.3 Å². The number of nitrogens with zero attached hydrogens (tertiary/aromatic N) is 3. The first-order valence-corrected chi connectivity index (χ1v) is 9.52. The third-order valence-electron chi connectivity index (χ3n) is 4.13. The molecule has 2 amide bonds. The first kappa shape index (κ1) is 18.8. The van der Waals surface area contributed by atoms with Crippen LogP contribution in [0.4, 0.5) is 4.79 Å². The van der Waals surface area contributed by atoms with Crippen LogP contribution in [0.15, 0.2) is 58.8 Å². The van der Waals surface area contributed by atoms with Gasteiger partial charge in [0.05, 0.1) is 23.8 Å². The van der Waals surface area contributed by atoms with Gasteiger partial charge in [-0.05, 0) is 24.1 Å². The lowest BCUT2D eigenvalue weighted by atomic mass is 10.1. The normalized spacial score (nSPS) is 10.6. The highest BCUT2D eigenvalue weighted by molar-refractivity contribution is 7.09. The number of amides is 2. The van der Waals surface area contributed by atoms with Crippen LogP contribution < -0.4 is 10.9 Å². The van der Waals surface area contributed by atoms with Gasteiger partial charge in [-0.25, -0.2) is 9.78 Å². The molecule has 3 rings (SSSR count).